The number of nitro benzene ring substituents is 1. The lowest BCUT2D eigenvalue weighted by atomic mass is 10.0. The first-order valence-electron chi connectivity index (χ1n) is 4.27. The Bertz CT molecular complexity index is 395. The molecule has 0 saturated carbocycles. The maximum absolute atomic E-state index is 12.3. The topological polar surface area (TPSA) is 89.4 Å². The Balaban J connectivity index is 3.34. The fourth-order valence-corrected chi connectivity index (χ4v) is 1.31. The van der Waals surface area contributed by atoms with E-state index in [0.29, 0.717) is 5.56 Å². The molecule has 0 heterocycles. The van der Waals surface area contributed by atoms with E-state index >= 15 is 0 Å². The van der Waals surface area contributed by atoms with Crippen LogP contribution in [0.4, 0.5) is 10.1 Å². The summed E-state index contributed by atoms with van der Waals surface area (Å²) in [5.74, 6) is -0.551. The summed E-state index contributed by atoms with van der Waals surface area (Å²) in [4.78, 5) is 9.91. The van der Waals surface area contributed by atoms with Crippen molar-refractivity contribution in [1.82, 2.24) is 0 Å². The zero-order valence-corrected chi connectivity index (χ0v) is 8.11. The first-order valence-corrected chi connectivity index (χ1v) is 4.27. The van der Waals surface area contributed by atoms with Crippen LogP contribution in [0.1, 0.15) is 17.2 Å². The maximum Gasteiger partial charge on any atom is 0.313 e. The summed E-state index contributed by atoms with van der Waals surface area (Å²) < 4.78 is 12.3. The van der Waals surface area contributed by atoms with Crippen molar-refractivity contribution < 1.29 is 14.4 Å². The molecule has 5 nitrogen and oxygen atoms in total. The van der Waals surface area contributed by atoms with E-state index < -0.39 is 29.1 Å². The Morgan fingerprint density at radius 1 is 1.67 bits per heavy atom. The molecule has 0 aliphatic carbocycles. The van der Waals surface area contributed by atoms with Gasteiger partial charge in [-0.05, 0) is 6.92 Å². The van der Waals surface area contributed by atoms with Gasteiger partial charge >= 0.3 is 5.69 Å². The second-order valence-electron chi connectivity index (χ2n) is 3.19. The SMILES string of the molecule is Cc1ccc([C@@H](N)CF)c(O)c1[N+](=O)[O-]. The summed E-state index contributed by atoms with van der Waals surface area (Å²) in [5, 5.41) is 20.2. The third-order valence-electron chi connectivity index (χ3n) is 2.13. The molecule has 15 heavy (non-hydrogen) atoms. The number of aryl methyl sites for hydroxylation is 1. The van der Waals surface area contributed by atoms with Gasteiger partial charge in [0.15, 0.2) is 5.75 Å². The number of nitro groups is 1. The molecule has 3 N–H and O–H groups in total. The second-order valence-corrected chi connectivity index (χ2v) is 3.19. The number of nitrogens with two attached hydrogens (primary N) is 1. The summed E-state index contributed by atoms with van der Waals surface area (Å²) in [6.45, 7) is 0.608. The highest BCUT2D eigenvalue weighted by molar-refractivity contribution is 5.56. The van der Waals surface area contributed by atoms with Gasteiger partial charge in [0, 0.05) is 11.1 Å². The van der Waals surface area contributed by atoms with Crippen LogP contribution in [-0.4, -0.2) is 16.7 Å². The van der Waals surface area contributed by atoms with Crippen LogP contribution in [0.25, 0.3) is 0 Å². The average Bonchev–Trinajstić information content (AvgIpc) is 2.16. The molecule has 6 heteroatoms. The third-order valence-corrected chi connectivity index (χ3v) is 2.13. The van der Waals surface area contributed by atoms with E-state index in [0.717, 1.165) is 0 Å². The number of alkyl halides is 1. The molecule has 0 radical (unpaired) electrons. The Morgan fingerprint density at radius 2 is 2.27 bits per heavy atom. The second kappa shape index (κ2) is 4.22. The normalized spacial score (nSPS) is 12.5. The summed E-state index contributed by atoms with van der Waals surface area (Å²) in [6, 6.07) is 1.79. The number of hydrogen-bond acceptors (Lipinski definition) is 4. The van der Waals surface area contributed by atoms with Crippen LogP contribution in [0.5, 0.6) is 5.75 Å². The van der Waals surface area contributed by atoms with Gasteiger partial charge in [-0.3, -0.25) is 10.1 Å². The molecular formula is C9H11FN2O3. The minimum absolute atomic E-state index is 0.0507. The molecule has 0 bridgehead atoms. The smallest absolute Gasteiger partial charge is 0.313 e. The van der Waals surface area contributed by atoms with Gasteiger partial charge in [-0.25, -0.2) is 4.39 Å². The lowest BCUT2D eigenvalue weighted by molar-refractivity contribution is -0.386. The van der Waals surface area contributed by atoms with Gasteiger partial charge in [0.25, 0.3) is 0 Å². The van der Waals surface area contributed by atoms with Crippen LogP contribution < -0.4 is 5.73 Å². The highest BCUT2D eigenvalue weighted by Gasteiger charge is 2.23. The van der Waals surface area contributed by atoms with Gasteiger partial charge in [-0.1, -0.05) is 12.1 Å². The van der Waals surface area contributed by atoms with Crippen molar-refractivity contribution in [2.75, 3.05) is 6.67 Å². The van der Waals surface area contributed by atoms with E-state index in [1.807, 2.05) is 0 Å². The van der Waals surface area contributed by atoms with Crippen molar-refractivity contribution in [3.05, 3.63) is 33.4 Å². The maximum atomic E-state index is 12.3. The first kappa shape index (κ1) is 11.4. The molecule has 1 aromatic rings. The minimum atomic E-state index is -1.04. The minimum Gasteiger partial charge on any atom is -0.502 e. The van der Waals surface area contributed by atoms with Crippen molar-refractivity contribution in [3.63, 3.8) is 0 Å². The summed E-state index contributed by atoms with van der Waals surface area (Å²) in [6.07, 6.45) is 0. The zero-order valence-electron chi connectivity index (χ0n) is 8.11. The third kappa shape index (κ3) is 2.04. The molecule has 1 rings (SSSR count). The molecule has 0 unspecified atom stereocenters. The lowest BCUT2D eigenvalue weighted by Crippen LogP contribution is -2.13. The van der Waals surface area contributed by atoms with Gasteiger partial charge in [0.1, 0.15) is 6.67 Å². The van der Waals surface area contributed by atoms with Crippen molar-refractivity contribution in [2.24, 2.45) is 5.73 Å². The summed E-state index contributed by atoms with van der Waals surface area (Å²) >= 11 is 0. The average molecular weight is 214 g/mol. The number of nitrogens with zero attached hydrogens (tertiary/aromatic N) is 1. The van der Waals surface area contributed by atoms with E-state index in [1.165, 1.54) is 19.1 Å². The monoisotopic (exact) mass is 214 g/mol. The van der Waals surface area contributed by atoms with E-state index in [-0.39, 0.29) is 5.56 Å². The number of halogens is 1. The molecule has 1 aromatic carbocycles. The van der Waals surface area contributed by atoms with Crippen molar-refractivity contribution in [3.8, 4) is 5.75 Å². The number of hydrogen-bond donors (Lipinski definition) is 2. The Kier molecular flexibility index (Phi) is 3.21. The molecule has 0 saturated heterocycles. The predicted octanol–water partition coefficient (Wildman–Crippen LogP) is 1.58. The number of aromatic hydroxyl groups is 1. The van der Waals surface area contributed by atoms with E-state index in [9.17, 15) is 19.6 Å². The molecular weight excluding hydrogens is 203 g/mol. The molecule has 0 aliphatic rings. The molecule has 82 valence electrons. The van der Waals surface area contributed by atoms with Crippen molar-refractivity contribution in [1.29, 1.82) is 0 Å². The summed E-state index contributed by atoms with van der Waals surface area (Å²) in [7, 11) is 0. The Morgan fingerprint density at radius 3 is 2.73 bits per heavy atom. The van der Waals surface area contributed by atoms with Crippen LogP contribution in [-0.2, 0) is 0 Å². The van der Waals surface area contributed by atoms with Crippen LogP contribution in [0.15, 0.2) is 12.1 Å². The van der Waals surface area contributed by atoms with Gasteiger partial charge < -0.3 is 10.8 Å². The molecule has 0 spiro atoms. The van der Waals surface area contributed by atoms with E-state index in [2.05, 4.69) is 0 Å². The zero-order chi connectivity index (χ0) is 11.6. The van der Waals surface area contributed by atoms with Gasteiger partial charge in [0.2, 0.25) is 0 Å². The van der Waals surface area contributed by atoms with Crippen molar-refractivity contribution in [2.45, 2.75) is 13.0 Å². The fraction of sp³-hybridized carbons (Fsp3) is 0.333. The van der Waals surface area contributed by atoms with Crippen LogP contribution in [0, 0.1) is 17.0 Å². The van der Waals surface area contributed by atoms with Crippen molar-refractivity contribution >= 4 is 5.69 Å². The standard InChI is InChI=1S/C9H11FN2O3/c1-5-2-3-6(7(11)4-10)9(13)8(5)12(14)15/h2-3,7,13H,4,11H2,1H3/t7-/m0/s1. The lowest BCUT2D eigenvalue weighted by Gasteiger charge is -2.10. The molecule has 0 amide bonds. The Labute approximate surface area is 85.5 Å². The number of rotatable bonds is 3. The van der Waals surface area contributed by atoms with E-state index in [1.54, 1.807) is 0 Å². The molecule has 0 aliphatic heterocycles. The van der Waals surface area contributed by atoms with Gasteiger partial charge in [-0.2, -0.15) is 0 Å². The predicted molar refractivity (Wildman–Crippen MR) is 52.4 cm³/mol. The number of phenols is 1. The summed E-state index contributed by atoms with van der Waals surface area (Å²) in [5.41, 5.74) is 5.30. The van der Waals surface area contributed by atoms with Gasteiger partial charge in [-0.15, -0.1) is 0 Å². The molecule has 0 fully saturated rings. The van der Waals surface area contributed by atoms with Crippen LogP contribution in [0.2, 0.25) is 0 Å². The highest BCUT2D eigenvalue weighted by Crippen LogP contribution is 2.35. The quantitative estimate of drug-likeness (QED) is 0.590. The fourth-order valence-electron chi connectivity index (χ4n) is 1.31. The number of phenolic OH excluding ortho intramolecular Hbond substituents is 1. The largest absolute Gasteiger partial charge is 0.502 e. The Hall–Kier alpha value is -1.69. The van der Waals surface area contributed by atoms with Crippen LogP contribution in [0.3, 0.4) is 0 Å². The molecule has 0 aromatic heterocycles. The first-order chi connectivity index (χ1) is 6.99. The van der Waals surface area contributed by atoms with E-state index in [4.69, 9.17) is 5.73 Å². The molecule has 1 atom stereocenters. The van der Waals surface area contributed by atoms with Gasteiger partial charge in [0.05, 0.1) is 11.0 Å². The number of benzene rings is 1. The highest BCUT2D eigenvalue weighted by atomic mass is 19.1. The van der Waals surface area contributed by atoms with Crippen LogP contribution >= 0.6 is 0 Å².